The predicted molar refractivity (Wildman–Crippen MR) is 97.0 cm³/mol. The minimum Gasteiger partial charge on any atom is -0.444 e. The summed E-state index contributed by atoms with van der Waals surface area (Å²) >= 11 is 2.42. The van der Waals surface area contributed by atoms with E-state index in [4.69, 9.17) is 4.74 Å². The Balaban J connectivity index is 1.87. The monoisotopic (exact) mass is 416 g/mol. The van der Waals surface area contributed by atoms with Crippen LogP contribution >= 0.6 is 22.6 Å². The van der Waals surface area contributed by atoms with E-state index in [1.54, 1.807) is 0 Å². The number of halogens is 1. The average Bonchev–Trinajstić information content (AvgIpc) is 2.43. The standard InChI is InChI=1S/C17H25IN2O2/c1-13-6-5-7-14(15(13)18)12-19-8-10-20(11-9-19)16(21)22-17(2,3)4/h5-7H,8-12H2,1-4H3. The molecule has 5 heteroatoms. The fourth-order valence-electron chi connectivity index (χ4n) is 2.49. The minimum atomic E-state index is -0.425. The molecule has 0 bridgehead atoms. The molecule has 1 aromatic carbocycles. The number of benzene rings is 1. The molecule has 1 aliphatic heterocycles. The van der Waals surface area contributed by atoms with Crippen molar-refractivity contribution < 1.29 is 9.53 Å². The molecule has 0 spiro atoms. The molecule has 1 aromatic rings. The molecule has 0 saturated carbocycles. The largest absolute Gasteiger partial charge is 0.444 e. The third-order valence-corrected chi connectivity index (χ3v) is 5.23. The molecule has 22 heavy (non-hydrogen) atoms. The van der Waals surface area contributed by atoms with Crippen molar-refractivity contribution in [1.29, 1.82) is 0 Å². The van der Waals surface area contributed by atoms with Crippen molar-refractivity contribution in [3.05, 3.63) is 32.9 Å². The number of carbonyl (C=O) groups is 1. The van der Waals surface area contributed by atoms with Crippen LogP contribution in [0.25, 0.3) is 0 Å². The molecule has 1 saturated heterocycles. The Morgan fingerprint density at radius 1 is 1.23 bits per heavy atom. The van der Waals surface area contributed by atoms with Crippen molar-refractivity contribution in [2.75, 3.05) is 26.2 Å². The average molecular weight is 416 g/mol. The fourth-order valence-corrected chi connectivity index (χ4v) is 3.02. The summed E-state index contributed by atoms with van der Waals surface area (Å²) in [6.07, 6.45) is -0.197. The van der Waals surface area contributed by atoms with Crippen molar-refractivity contribution >= 4 is 28.7 Å². The highest BCUT2D eigenvalue weighted by Gasteiger charge is 2.25. The molecule has 0 radical (unpaired) electrons. The summed E-state index contributed by atoms with van der Waals surface area (Å²) in [5.41, 5.74) is 2.27. The van der Waals surface area contributed by atoms with Gasteiger partial charge >= 0.3 is 6.09 Å². The van der Waals surface area contributed by atoms with Gasteiger partial charge in [0.25, 0.3) is 0 Å². The van der Waals surface area contributed by atoms with Gasteiger partial charge < -0.3 is 9.64 Å². The van der Waals surface area contributed by atoms with Crippen LogP contribution in [0.2, 0.25) is 0 Å². The van der Waals surface area contributed by atoms with Crippen molar-refractivity contribution in [2.24, 2.45) is 0 Å². The van der Waals surface area contributed by atoms with Crippen LogP contribution in [0.3, 0.4) is 0 Å². The number of rotatable bonds is 2. The molecule has 4 nitrogen and oxygen atoms in total. The lowest BCUT2D eigenvalue weighted by Crippen LogP contribution is -2.49. The fraction of sp³-hybridized carbons (Fsp3) is 0.588. The lowest BCUT2D eigenvalue weighted by atomic mass is 10.1. The maximum atomic E-state index is 12.1. The first-order chi connectivity index (χ1) is 10.3. The molecule has 0 N–H and O–H groups in total. The molecular weight excluding hydrogens is 391 g/mol. The van der Waals surface area contributed by atoms with Crippen LogP contribution in [0, 0.1) is 10.5 Å². The SMILES string of the molecule is Cc1cccc(CN2CCN(C(=O)OC(C)(C)C)CC2)c1I. The maximum absolute atomic E-state index is 12.1. The molecule has 0 aromatic heterocycles. The summed E-state index contributed by atoms with van der Waals surface area (Å²) in [5.74, 6) is 0. The summed E-state index contributed by atoms with van der Waals surface area (Å²) in [4.78, 5) is 16.3. The highest BCUT2D eigenvalue weighted by molar-refractivity contribution is 14.1. The topological polar surface area (TPSA) is 32.8 Å². The van der Waals surface area contributed by atoms with E-state index in [2.05, 4.69) is 52.6 Å². The highest BCUT2D eigenvalue weighted by atomic mass is 127. The third-order valence-electron chi connectivity index (χ3n) is 3.69. The number of carbonyl (C=O) groups excluding carboxylic acids is 1. The quantitative estimate of drug-likeness (QED) is 0.691. The zero-order valence-electron chi connectivity index (χ0n) is 13.9. The third kappa shape index (κ3) is 4.84. The highest BCUT2D eigenvalue weighted by Crippen LogP contribution is 2.19. The van der Waals surface area contributed by atoms with Crippen LogP contribution in [-0.2, 0) is 11.3 Å². The smallest absolute Gasteiger partial charge is 0.410 e. The Kier molecular flexibility index (Phi) is 5.71. The van der Waals surface area contributed by atoms with Crippen LogP contribution in [0.1, 0.15) is 31.9 Å². The van der Waals surface area contributed by atoms with E-state index in [1.165, 1.54) is 14.7 Å². The predicted octanol–water partition coefficient (Wildman–Crippen LogP) is 3.65. The van der Waals surface area contributed by atoms with Crippen LogP contribution in [0.5, 0.6) is 0 Å². The Morgan fingerprint density at radius 3 is 2.45 bits per heavy atom. The molecule has 2 rings (SSSR count). The van der Waals surface area contributed by atoms with Gasteiger partial charge in [0.15, 0.2) is 0 Å². The van der Waals surface area contributed by atoms with Crippen molar-refractivity contribution in [1.82, 2.24) is 9.80 Å². The van der Waals surface area contributed by atoms with Gasteiger partial charge in [-0.3, -0.25) is 4.90 Å². The maximum Gasteiger partial charge on any atom is 0.410 e. The van der Waals surface area contributed by atoms with Gasteiger partial charge in [-0.05, 0) is 61.4 Å². The van der Waals surface area contributed by atoms with E-state index >= 15 is 0 Å². The van der Waals surface area contributed by atoms with Crippen LogP contribution in [0.15, 0.2) is 18.2 Å². The lowest BCUT2D eigenvalue weighted by molar-refractivity contribution is 0.0139. The van der Waals surface area contributed by atoms with Gasteiger partial charge in [-0.2, -0.15) is 0 Å². The number of ether oxygens (including phenoxy) is 1. The molecule has 0 unspecified atom stereocenters. The Bertz CT molecular complexity index is 532. The van der Waals surface area contributed by atoms with Gasteiger partial charge in [0.1, 0.15) is 5.60 Å². The van der Waals surface area contributed by atoms with E-state index < -0.39 is 5.60 Å². The number of hydrogen-bond donors (Lipinski definition) is 0. The molecular formula is C17H25IN2O2. The molecule has 1 amide bonds. The Labute approximate surface area is 146 Å². The second kappa shape index (κ2) is 7.17. The van der Waals surface area contributed by atoms with Crippen molar-refractivity contribution in [2.45, 2.75) is 39.8 Å². The number of nitrogens with zero attached hydrogens (tertiary/aromatic N) is 2. The van der Waals surface area contributed by atoms with Crippen molar-refractivity contribution in [3.63, 3.8) is 0 Å². The summed E-state index contributed by atoms with van der Waals surface area (Å²) in [6.45, 7) is 12.1. The van der Waals surface area contributed by atoms with Crippen molar-refractivity contribution in [3.8, 4) is 0 Å². The zero-order valence-corrected chi connectivity index (χ0v) is 16.0. The van der Waals surface area contributed by atoms with E-state index in [9.17, 15) is 4.79 Å². The summed E-state index contributed by atoms with van der Waals surface area (Å²) in [7, 11) is 0. The van der Waals surface area contributed by atoms with E-state index in [1.807, 2.05) is 25.7 Å². The lowest BCUT2D eigenvalue weighted by Gasteiger charge is -2.35. The first kappa shape index (κ1) is 17.5. The van der Waals surface area contributed by atoms with Crippen LogP contribution in [0.4, 0.5) is 4.79 Å². The molecule has 1 aliphatic rings. The van der Waals surface area contributed by atoms with E-state index in [0.29, 0.717) is 0 Å². The zero-order chi connectivity index (χ0) is 16.3. The van der Waals surface area contributed by atoms with Crippen LogP contribution in [-0.4, -0.2) is 47.7 Å². The number of piperazine rings is 1. The van der Waals surface area contributed by atoms with E-state index in [-0.39, 0.29) is 6.09 Å². The molecule has 1 fully saturated rings. The van der Waals surface area contributed by atoms with Gasteiger partial charge in [0, 0.05) is 36.3 Å². The first-order valence-electron chi connectivity index (χ1n) is 7.70. The number of hydrogen-bond acceptors (Lipinski definition) is 3. The Morgan fingerprint density at radius 2 is 1.86 bits per heavy atom. The first-order valence-corrected chi connectivity index (χ1v) is 8.78. The van der Waals surface area contributed by atoms with Gasteiger partial charge in [-0.15, -0.1) is 0 Å². The summed E-state index contributed by atoms with van der Waals surface area (Å²) in [5, 5.41) is 0. The molecule has 0 aliphatic carbocycles. The normalized spacial score (nSPS) is 16.7. The second-order valence-corrected chi connectivity index (χ2v) is 7.87. The van der Waals surface area contributed by atoms with E-state index in [0.717, 1.165) is 32.7 Å². The molecule has 122 valence electrons. The second-order valence-electron chi connectivity index (χ2n) is 6.79. The molecule has 0 atom stereocenters. The van der Waals surface area contributed by atoms with Gasteiger partial charge in [0.2, 0.25) is 0 Å². The minimum absolute atomic E-state index is 0.197. The van der Waals surface area contributed by atoms with Gasteiger partial charge in [-0.1, -0.05) is 18.2 Å². The van der Waals surface area contributed by atoms with Crippen LogP contribution < -0.4 is 0 Å². The summed E-state index contributed by atoms with van der Waals surface area (Å²) in [6, 6.07) is 6.45. The number of aryl methyl sites for hydroxylation is 1. The molecule has 1 heterocycles. The Hall–Kier alpha value is -0.820. The summed E-state index contributed by atoms with van der Waals surface area (Å²) < 4.78 is 6.78. The van der Waals surface area contributed by atoms with Gasteiger partial charge in [0.05, 0.1) is 0 Å². The number of amides is 1. The van der Waals surface area contributed by atoms with Gasteiger partial charge in [-0.25, -0.2) is 4.79 Å².